The summed E-state index contributed by atoms with van der Waals surface area (Å²) in [4.78, 5) is 24.9. The molecule has 0 amide bonds. The van der Waals surface area contributed by atoms with Crippen LogP contribution in [0.1, 0.15) is 48.2 Å². The van der Waals surface area contributed by atoms with Gasteiger partial charge in [-0.3, -0.25) is 4.79 Å². The van der Waals surface area contributed by atoms with Crippen molar-refractivity contribution >= 4 is 26.9 Å². The van der Waals surface area contributed by atoms with Crippen molar-refractivity contribution in [1.29, 1.82) is 0 Å². The molecule has 0 saturated carbocycles. The van der Waals surface area contributed by atoms with Crippen LogP contribution in [0.5, 0.6) is 11.5 Å². The fourth-order valence-electron chi connectivity index (χ4n) is 3.74. The monoisotopic (exact) mass is 442 g/mol. The molecule has 4 rings (SSSR count). The lowest BCUT2D eigenvalue weighted by Crippen LogP contribution is -2.25. The van der Waals surface area contributed by atoms with E-state index in [9.17, 15) is 18.0 Å². The lowest BCUT2D eigenvalue weighted by molar-refractivity contribution is 0.0872. The molecule has 0 fully saturated rings. The average molecular weight is 442 g/mol. The zero-order chi connectivity index (χ0) is 22.3. The second kappa shape index (κ2) is 7.85. The quantitative estimate of drug-likeness (QED) is 0.432. The van der Waals surface area contributed by atoms with Gasteiger partial charge in [0.15, 0.2) is 17.1 Å². The summed E-state index contributed by atoms with van der Waals surface area (Å²) in [5.41, 5.74) is 0.981. The Kier molecular flexibility index (Phi) is 5.35. The van der Waals surface area contributed by atoms with Crippen LogP contribution in [0.2, 0.25) is 0 Å². The zero-order valence-electron chi connectivity index (χ0n) is 17.4. The maximum absolute atomic E-state index is 13.0. The first-order chi connectivity index (χ1) is 14.7. The normalized spacial score (nSPS) is 16.1. The minimum atomic E-state index is -4.18. The molecule has 1 atom stereocenters. The van der Waals surface area contributed by atoms with Crippen LogP contribution < -0.4 is 14.5 Å². The highest BCUT2D eigenvalue weighted by Crippen LogP contribution is 2.41. The molecule has 3 aromatic rings. The number of carbonyl (C=O) groups is 1. The van der Waals surface area contributed by atoms with Crippen LogP contribution in [0.3, 0.4) is 0 Å². The van der Waals surface area contributed by atoms with Gasteiger partial charge in [-0.2, -0.15) is 8.42 Å². The molecule has 1 aliphatic heterocycles. The molecule has 0 spiro atoms. The largest absolute Gasteiger partial charge is 0.489 e. The second-order valence-electron chi connectivity index (χ2n) is 7.70. The van der Waals surface area contributed by atoms with Crippen molar-refractivity contribution in [3.8, 4) is 11.5 Å². The highest BCUT2D eigenvalue weighted by molar-refractivity contribution is 7.87. The van der Waals surface area contributed by atoms with Gasteiger partial charge in [-0.15, -0.1) is 0 Å². The fraction of sp³-hybridized carbons (Fsp3) is 0.304. The number of benzene rings is 2. The molecule has 0 radical (unpaired) electrons. The number of carbonyl (C=O) groups excluding carboxylic acids is 1. The van der Waals surface area contributed by atoms with Crippen LogP contribution in [-0.2, 0) is 16.5 Å². The molecule has 0 aliphatic carbocycles. The molecule has 0 N–H and O–H groups in total. The predicted molar refractivity (Wildman–Crippen MR) is 115 cm³/mol. The van der Waals surface area contributed by atoms with E-state index in [4.69, 9.17) is 13.3 Å². The van der Waals surface area contributed by atoms with Crippen molar-refractivity contribution in [3.63, 3.8) is 0 Å². The summed E-state index contributed by atoms with van der Waals surface area (Å²) in [6.45, 7) is 5.51. The van der Waals surface area contributed by atoms with E-state index in [1.54, 1.807) is 19.1 Å². The van der Waals surface area contributed by atoms with Gasteiger partial charge in [-0.25, -0.2) is 4.79 Å². The Hall–Kier alpha value is -3.13. The molecule has 1 unspecified atom stereocenters. The molecule has 8 heteroatoms. The third-order valence-electron chi connectivity index (χ3n) is 5.13. The van der Waals surface area contributed by atoms with Gasteiger partial charge in [-0.1, -0.05) is 31.0 Å². The summed E-state index contributed by atoms with van der Waals surface area (Å²) in [5.74, 6) is -0.130. The van der Waals surface area contributed by atoms with Crippen LogP contribution in [0, 0.1) is 6.92 Å². The van der Waals surface area contributed by atoms with E-state index < -0.39 is 21.8 Å². The van der Waals surface area contributed by atoms with E-state index in [1.165, 1.54) is 24.3 Å². The molecular weight excluding hydrogens is 420 g/mol. The first-order valence-electron chi connectivity index (χ1n) is 10.0. The summed E-state index contributed by atoms with van der Waals surface area (Å²) in [5, 5.41) is 0.294. The number of aryl methyl sites for hydroxylation is 2. The van der Waals surface area contributed by atoms with Crippen LogP contribution >= 0.6 is 0 Å². The number of Topliss-reactive ketones (excluding diaryl/α,β-unsaturated/α-hetero) is 1. The summed E-state index contributed by atoms with van der Waals surface area (Å²) >= 11 is 0. The maximum atomic E-state index is 13.0. The summed E-state index contributed by atoms with van der Waals surface area (Å²) in [6.07, 6.45) is 0.907. The predicted octanol–water partition coefficient (Wildman–Crippen LogP) is 4.18. The Balaban J connectivity index is 1.98. The molecule has 2 aromatic carbocycles. The average Bonchev–Trinajstić information content (AvgIpc) is 2.67. The number of ether oxygens (including phenoxy) is 1. The fourth-order valence-corrected chi connectivity index (χ4v) is 4.68. The number of hydrogen-bond donors (Lipinski definition) is 0. The number of rotatable bonds is 5. The Morgan fingerprint density at radius 3 is 2.52 bits per heavy atom. The van der Waals surface area contributed by atoms with Crippen molar-refractivity contribution in [2.75, 3.05) is 0 Å². The van der Waals surface area contributed by atoms with E-state index in [0.29, 0.717) is 23.8 Å². The van der Waals surface area contributed by atoms with E-state index >= 15 is 0 Å². The lowest BCUT2D eigenvalue weighted by atomic mass is 9.95. The van der Waals surface area contributed by atoms with Gasteiger partial charge in [-0.05, 0) is 38.0 Å². The summed E-state index contributed by atoms with van der Waals surface area (Å²) < 4.78 is 42.6. The molecular formula is C23H22O7S. The van der Waals surface area contributed by atoms with Gasteiger partial charge in [0.2, 0.25) is 0 Å². The standard InChI is InChI=1S/C23H22O7S/c1-4-5-15-11-20(25)29-23-21(15)19(12-18-22(23)17(24)10-14(3)28-18)30-31(26,27)16-8-6-13(2)7-9-16/h6-9,11-12,14H,4-5,10H2,1-3H3. The Labute approximate surface area is 179 Å². The van der Waals surface area contributed by atoms with Crippen molar-refractivity contribution in [2.45, 2.75) is 51.0 Å². The van der Waals surface area contributed by atoms with Gasteiger partial charge in [0.1, 0.15) is 22.3 Å². The van der Waals surface area contributed by atoms with E-state index in [-0.39, 0.29) is 39.7 Å². The van der Waals surface area contributed by atoms with Crippen LogP contribution in [-0.4, -0.2) is 20.3 Å². The van der Waals surface area contributed by atoms with Crippen molar-refractivity contribution in [1.82, 2.24) is 0 Å². The van der Waals surface area contributed by atoms with E-state index in [2.05, 4.69) is 0 Å². The van der Waals surface area contributed by atoms with Crippen molar-refractivity contribution < 1.29 is 26.5 Å². The third-order valence-corrected chi connectivity index (χ3v) is 6.38. The molecule has 1 aromatic heterocycles. The van der Waals surface area contributed by atoms with Gasteiger partial charge in [0, 0.05) is 18.6 Å². The smallest absolute Gasteiger partial charge is 0.339 e. The van der Waals surface area contributed by atoms with Crippen LogP contribution in [0.25, 0.3) is 11.0 Å². The molecule has 0 bridgehead atoms. The van der Waals surface area contributed by atoms with Crippen LogP contribution in [0.15, 0.2) is 50.5 Å². The first kappa shape index (κ1) is 21.1. The highest BCUT2D eigenvalue weighted by Gasteiger charge is 2.31. The molecule has 7 nitrogen and oxygen atoms in total. The highest BCUT2D eigenvalue weighted by atomic mass is 32.2. The SMILES string of the molecule is CCCc1cc(=O)oc2c3c(cc(OS(=O)(=O)c4ccc(C)cc4)c12)OC(C)CC3=O. The molecule has 2 heterocycles. The van der Waals surface area contributed by atoms with Crippen molar-refractivity contribution in [2.24, 2.45) is 0 Å². The van der Waals surface area contributed by atoms with Gasteiger partial charge in [0.05, 0.1) is 5.39 Å². The topological polar surface area (TPSA) is 99.9 Å². The van der Waals surface area contributed by atoms with Crippen LogP contribution in [0.4, 0.5) is 0 Å². The Morgan fingerprint density at radius 1 is 1.13 bits per heavy atom. The lowest BCUT2D eigenvalue weighted by Gasteiger charge is -2.24. The van der Waals surface area contributed by atoms with Gasteiger partial charge < -0.3 is 13.3 Å². The van der Waals surface area contributed by atoms with E-state index in [1.807, 2.05) is 13.8 Å². The molecule has 1 aliphatic rings. The maximum Gasteiger partial charge on any atom is 0.339 e. The number of ketones is 1. The molecule has 0 saturated heterocycles. The number of hydrogen-bond acceptors (Lipinski definition) is 7. The minimum absolute atomic E-state index is 0.000504. The first-order valence-corrected chi connectivity index (χ1v) is 11.4. The van der Waals surface area contributed by atoms with Crippen molar-refractivity contribution in [3.05, 3.63) is 63.5 Å². The minimum Gasteiger partial charge on any atom is -0.489 e. The molecule has 162 valence electrons. The van der Waals surface area contributed by atoms with Gasteiger partial charge >= 0.3 is 15.7 Å². The van der Waals surface area contributed by atoms with Gasteiger partial charge in [0.25, 0.3) is 0 Å². The number of fused-ring (bicyclic) bond motifs is 3. The zero-order valence-corrected chi connectivity index (χ0v) is 18.2. The Morgan fingerprint density at radius 2 is 1.84 bits per heavy atom. The Bertz CT molecular complexity index is 1340. The second-order valence-corrected chi connectivity index (χ2v) is 9.25. The third kappa shape index (κ3) is 3.95. The summed E-state index contributed by atoms with van der Waals surface area (Å²) in [6, 6.07) is 8.97. The van der Waals surface area contributed by atoms with E-state index in [0.717, 1.165) is 5.56 Å². The molecule has 31 heavy (non-hydrogen) atoms. The summed E-state index contributed by atoms with van der Waals surface area (Å²) in [7, 11) is -4.18.